The zero-order chi connectivity index (χ0) is 18.1. The maximum atomic E-state index is 12.8. The molecule has 1 N–H and O–H groups in total. The minimum absolute atomic E-state index is 0.0212. The zero-order valence-electron chi connectivity index (χ0n) is 14.7. The summed E-state index contributed by atoms with van der Waals surface area (Å²) in [5.41, 5.74) is 2.47. The predicted octanol–water partition coefficient (Wildman–Crippen LogP) is 4.32. The summed E-state index contributed by atoms with van der Waals surface area (Å²) >= 11 is 0. The molecule has 3 aromatic rings. The summed E-state index contributed by atoms with van der Waals surface area (Å²) in [6.45, 7) is 4.40. The largest absolute Gasteiger partial charge is 0.467 e. The number of nitrogens with one attached hydrogen (secondary N) is 1. The van der Waals surface area contributed by atoms with Crippen molar-refractivity contribution in [2.24, 2.45) is 0 Å². The number of hydrogen-bond donors (Lipinski definition) is 1. The van der Waals surface area contributed by atoms with Gasteiger partial charge in [-0.25, -0.2) is 4.79 Å². The molecule has 0 radical (unpaired) electrons. The highest BCUT2D eigenvalue weighted by Crippen LogP contribution is 2.33. The Hall–Kier alpha value is -3.09. The molecule has 0 aliphatic carbocycles. The topological polar surface area (TPSA) is 84.4 Å². The van der Waals surface area contributed by atoms with E-state index < -0.39 is 0 Å². The van der Waals surface area contributed by atoms with E-state index in [1.165, 1.54) is 0 Å². The molecule has 1 aromatic carbocycles. The van der Waals surface area contributed by atoms with Gasteiger partial charge in [0.25, 0.3) is 0 Å². The van der Waals surface area contributed by atoms with E-state index in [0.717, 1.165) is 35.4 Å². The van der Waals surface area contributed by atoms with Gasteiger partial charge in [-0.2, -0.15) is 0 Å². The highest BCUT2D eigenvalue weighted by atomic mass is 16.4. The molecule has 134 valence electrons. The number of carbonyl (C=O) groups is 1. The van der Waals surface area contributed by atoms with Gasteiger partial charge in [0, 0.05) is 24.7 Å². The quantitative estimate of drug-likeness (QED) is 0.759. The molecule has 7 nitrogen and oxygen atoms in total. The van der Waals surface area contributed by atoms with Crippen LogP contribution in [-0.4, -0.2) is 27.7 Å². The number of carbonyl (C=O) groups excluding carboxylic acids is 1. The SMILES string of the molecule is Cc1nnc(-c2ccc(C)c(NC(=O)N3CCC[C@@H]3c3ccco3)c2)o1. The highest BCUT2D eigenvalue weighted by molar-refractivity contribution is 5.91. The van der Waals surface area contributed by atoms with Crippen molar-refractivity contribution in [3.63, 3.8) is 0 Å². The van der Waals surface area contributed by atoms with Crippen LogP contribution in [0.2, 0.25) is 0 Å². The molecule has 0 bridgehead atoms. The fourth-order valence-corrected chi connectivity index (χ4v) is 3.28. The number of anilines is 1. The van der Waals surface area contributed by atoms with E-state index in [1.54, 1.807) is 13.2 Å². The van der Waals surface area contributed by atoms with Crippen molar-refractivity contribution >= 4 is 11.7 Å². The third-order valence-corrected chi connectivity index (χ3v) is 4.64. The predicted molar refractivity (Wildman–Crippen MR) is 95.6 cm³/mol. The number of hydrogen-bond acceptors (Lipinski definition) is 5. The first kappa shape index (κ1) is 16.4. The Morgan fingerprint density at radius 1 is 1.27 bits per heavy atom. The van der Waals surface area contributed by atoms with Gasteiger partial charge in [0.2, 0.25) is 11.8 Å². The van der Waals surface area contributed by atoms with Crippen LogP contribution in [0.25, 0.3) is 11.5 Å². The van der Waals surface area contributed by atoms with E-state index >= 15 is 0 Å². The second kappa shape index (κ2) is 6.67. The lowest BCUT2D eigenvalue weighted by Crippen LogP contribution is -2.34. The lowest BCUT2D eigenvalue weighted by atomic mass is 10.1. The van der Waals surface area contributed by atoms with Crippen LogP contribution in [0.4, 0.5) is 10.5 Å². The molecule has 3 heterocycles. The Morgan fingerprint density at radius 3 is 2.88 bits per heavy atom. The smallest absolute Gasteiger partial charge is 0.322 e. The zero-order valence-corrected chi connectivity index (χ0v) is 14.7. The molecule has 0 unspecified atom stereocenters. The third kappa shape index (κ3) is 3.08. The number of likely N-dealkylation sites (tertiary alicyclic amines) is 1. The van der Waals surface area contributed by atoms with Gasteiger partial charge in [-0.1, -0.05) is 6.07 Å². The molecule has 1 fully saturated rings. The molecule has 1 saturated heterocycles. The lowest BCUT2D eigenvalue weighted by molar-refractivity contribution is 0.200. The molecule has 1 aliphatic heterocycles. The monoisotopic (exact) mass is 352 g/mol. The van der Waals surface area contributed by atoms with E-state index in [4.69, 9.17) is 8.83 Å². The average molecular weight is 352 g/mol. The molecule has 2 aromatic heterocycles. The van der Waals surface area contributed by atoms with Gasteiger partial charge in [-0.05, 0) is 49.6 Å². The van der Waals surface area contributed by atoms with Crippen LogP contribution >= 0.6 is 0 Å². The van der Waals surface area contributed by atoms with Crippen molar-refractivity contribution in [2.75, 3.05) is 11.9 Å². The molecule has 26 heavy (non-hydrogen) atoms. The van der Waals surface area contributed by atoms with Crippen molar-refractivity contribution in [1.82, 2.24) is 15.1 Å². The molecule has 2 amide bonds. The minimum atomic E-state index is -0.133. The average Bonchev–Trinajstić information content (AvgIpc) is 3.37. The van der Waals surface area contributed by atoms with E-state index in [9.17, 15) is 4.79 Å². The summed E-state index contributed by atoms with van der Waals surface area (Å²) < 4.78 is 11.0. The second-order valence-corrected chi connectivity index (χ2v) is 6.45. The summed E-state index contributed by atoms with van der Waals surface area (Å²) in [4.78, 5) is 14.7. The van der Waals surface area contributed by atoms with E-state index in [2.05, 4.69) is 15.5 Å². The number of rotatable bonds is 3. The number of urea groups is 1. The summed E-state index contributed by atoms with van der Waals surface area (Å²) in [6.07, 6.45) is 3.50. The van der Waals surface area contributed by atoms with Crippen molar-refractivity contribution in [3.8, 4) is 11.5 Å². The van der Waals surface area contributed by atoms with E-state index in [1.807, 2.05) is 42.2 Å². The first-order valence-electron chi connectivity index (χ1n) is 8.64. The number of furan rings is 1. The fraction of sp³-hybridized carbons (Fsp3) is 0.316. The van der Waals surface area contributed by atoms with E-state index in [0.29, 0.717) is 18.3 Å². The Morgan fingerprint density at radius 2 is 2.15 bits per heavy atom. The normalized spacial score (nSPS) is 16.8. The Kier molecular flexibility index (Phi) is 4.20. The second-order valence-electron chi connectivity index (χ2n) is 6.45. The van der Waals surface area contributed by atoms with Crippen molar-refractivity contribution in [2.45, 2.75) is 32.7 Å². The van der Waals surface area contributed by atoms with Gasteiger partial charge in [-0.3, -0.25) is 0 Å². The molecule has 0 spiro atoms. The van der Waals surface area contributed by atoms with Crippen molar-refractivity contribution in [3.05, 3.63) is 53.8 Å². The summed E-state index contributed by atoms with van der Waals surface area (Å²) in [6, 6.07) is 9.30. The molecule has 4 rings (SSSR count). The standard InChI is InChI=1S/C19H20N4O3/c1-12-7-8-14(18-22-21-13(2)26-18)11-15(12)20-19(24)23-9-3-5-16(23)17-6-4-10-25-17/h4,6-8,10-11,16H,3,5,9H2,1-2H3,(H,20,24)/t16-/m1/s1. The Balaban J connectivity index is 1.55. The van der Waals surface area contributed by atoms with Crippen LogP contribution in [0.5, 0.6) is 0 Å². The molecular formula is C19H20N4O3. The number of aryl methyl sites for hydroxylation is 2. The van der Waals surface area contributed by atoms with Crippen LogP contribution < -0.4 is 5.32 Å². The van der Waals surface area contributed by atoms with Crippen molar-refractivity contribution < 1.29 is 13.6 Å². The first-order valence-corrected chi connectivity index (χ1v) is 8.64. The van der Waals surface area contributed by atoms with Crippen LogP contribution in [0.1, 0.15) is 36.1 Å². The minimum Gasteiger partial charge on any atom is -0.467 e. The van der Waals surface area contributed by atoms with Gasteiger partial charge < -0.3 is 19.1 Å². The number of nitrogens with zero attached hydrogens (tertiary/aromatic N) is 3. The van der Waals surface area contributed by atoms with Crippen LogP contribution in [0, 0.1) is 13.8 Å². The summed E-state index contributed by atoms with van der Waals surface area (Å²) in [5.74, 6) is 1.77. The molecule has 1 atom stereocenters. The van der Waals surface area contributed by atoms with Gasteiger partial charge in [-0.15, -0.1) is 10.2 Å². The first-order chi connectivity index (χ1) is 12.6. The number of benzene rings is 1. The summed E-state index contributed by atoms with van der Waals surface area (Å²) in [7, 11) is 0. The number of aromatic nitrogens is 2. The molecular weight excluding hydrogens is 332 g/mol. The maximum Gasteiger partial charge on any atom is 0.322 e. The maximum absolute atomic E-state index is 12.8. The lowest BCUT2D eigenvalue weighted by Gasteiger charge is -2.24. The Bertz CT molecular complexity index is 917. The van der Waals surface area contributed by atoms with Gasteiger partial charge in [0.05, 0.1) is 12.3 Å². The van der Waals surface area contributed by atoms with Crippen LogP contribution in [0.3, 0.4) is 0 Å². The Labute approximate surface area is 151 Å². The molecule has 1 aliphatic rings. The fourth-order valence-electron chi connectivity index (χ4n) is 3.28. The molecule has 0 saturated carbocycles. The third-order valence-electron chi connectivity index (χ3n) is 4.64. The van der Waals surface area contributed by atoms with Crippen molar-refractivity contribution in [1.29, 1.82) is 0 Å². The van der Waals surface area contributed by atoms with Gasteiger partial charge in [0.1, 0.15) is 5.76 Å². The highest BCUT2D eigenvalue weighted by Gasteiger charge is 2.32. The summed E-state index contributed by atoms with van der Waals surface area (Å²) in [5, 5.41) is 10.9. The number of amides is 2. The van der Waals surface area contributed by atoms with Gasteiger partial charge >= 0.3 is 6.03 Å². The van der Waals surface area contributed by atoms with E-state index in [-0.39, 0.29) is 12.1 Å². The van der Waals surface area contributed by atoms with Crippen LogP contribution in [0.15, 0.2) is 45.4 Å². The van der Waals surface area contributed by atoms with Gasteiger partial charge in [0.15, 0.2) is 0 Å². The van der Waals surface area contributed by atoms with Crippen LogP contribution in [-0.2, 0) is 0 Å². The molecule has 7 heteroatoms.